The van der Waals surface area contributed by atoms with Crippen LogP contribution in [0.1, 0.15) is 44.6 Å². The van der Waals surface area contributed by atoms with Crippen molar-refractivity contribution < 1.29 is 14.3 Å². The van der Waals surface area contributed by atoms with E-state index >= 15 is 0 Å². The number of benzene rings is 1. The number of piperazine rings is 1. The van der Waals surface area contributed by atoms with Gasteiger partial charge in [-0.1, -0.05) is 26.0 Å². The lowest BCUT2D eigenvalue weighted by Crippen LogP contribution is -2.57. The van der Waals surface area contributed by atoms with Crippen LogP contribution in [-0.4, -0.2) is 67.0 Å². The molecule has 0 saturated carbocycles. The average Bonchev–Trinajstić information content (AvgIpc) is 2.69. The maximum atomic E-state index is 12.6. The number of rotatable bonds is 6. The molecule has 2 aliphatic rings. The van der Waals surface area contributed by atoms with Crippen LogP contribution in [0.5, 0.6) is 5.75 Å². The quantitative estimate of drug-likeness (QED) is 0.829. The van der Waals surface area contributed by atoms with Crippen LogP contribution in [-0.2, 0) is 9.59 Å². The highest BCUT2D eigenvalue weighted by Gasteiger charge is 2.31. The van der Waals surface area contributed by atoms with Gasteiger partial charge in [-0.3, -0.25) is 9.59 Å². The molecular formula is C21H31N3O3. The van der Waals surface area contributed by atoms with E-state index in [0.717, 1.165) is 38.2 Å². The molecule has 0 aliphatic carbocycles. The summed E-state index contributed by atoms with van der Waals surface area (Å²) in [5.41, 5.74) is 1.28. The van der Waals surface area contributed by atoms with E-state index in [0.29, 0.717) is 32.0 Å². The summed E-state index contributed by atoms with van der Waals surface area (Å²) in [6.45, 7) is 8.11. The smallest absolute Gasteiger partial charge is 0.236 e. The first kappa shape index (κ1) is 19.7. The fourth-order valence-electron chi connectivity index (χ4n) is 3.81. The number of hydrogen-bond acceptors (Lipinski definition) is 4. The second-order valence-electron chi connectivity index (χ2n) is 7.72. The van der Waals surface area contributed by atoms with Crippen molar-refractivity contribution in [2.45, 2.75) is 45.1 Å². The number of nitrogens with one attached hydrogen (secondary N) is 1. The molecule has 6 heteroatoms. The van der Waals surface area contributed by atoms with Gasteiger partial charge in [0.15, 0.2) is 0 Å². The standard InChI is InChI=1S/C21H31N3O3/c1-16(2)17-5-7-19(8-6-17)27-13-9-20(25)23-11-3-4-18(15-23)24-12-10-22-14-21(24)26/h5-8,16,18,22H,3-4,9-15H2,1-2H3. The van der Waals surface area contributed by atoms with Crippen LogP contribution in [0.4, 0.5) is 0 Å². The normalized spacial score (nSPS) is 20.9. The molecule has 2 amide bonds. The van der Waals surface area contributed by atoms with Gasteiger partial charge in [-0.05, 0) is 36.5 Å². The van der Waals surface area contributed by atoms with Crippen molar-refractivity contribution in [2.24, 2.45) is 0 Å². The highest BCUT2D eigenvalue weighted by Crippen LogP contribution is 2.20. The Bertz CT molecular complexity index is 645. The van der Waals surface area contributed by atoms with Gasteiger partial charge in [0.2, 0.25) is 11.8 Å². The van der Waals surface area contributed by atoms with E-state index in [1.165, 1.54) is 5.56 Å². The van der Waals surface area contributed by atoms with Crippen LogP contribution in [0.15, 0.2) is 24.3 Å². The van der Waals surface area contributed by atoms with E-state index in [-0.39, 0.29) is 17.9 Å². The highest BCUT2D eigenvalue weighted by molar-refractivity contribution is 5.80. The number of piperidine rings is 1. The van der Waals surface area contributed by atoms with Crippen molar-refractivity contribution in [1.82, 2.24) is 15.1 Å². The predicted molar refractivity (Wildman–Crippen MR) is 105 cm³/mol. The molecule has 2 heterocycles. The number of likely N-dealkylation sites (tertiary alicyclic amines) is 1. The lowest BCUT2D eigenvalue weighted by molar-refractivity contribution is -0.140. The van der Waals surface area contributed by atoms with Gasteiger partial charge in [0.05, 0.1) is 19.6 Å². The average molecular weight is 373 g/mol. The first-order chi connectivity index (χ1) is 13.0. The zero-order chi connectivity index (χ0) is 19.2. The lowest BCUT2D eigenvalue weighted by Gasteiger charge is -2.41. The molecule has 1 aromatic carbocycles. The summed E-state index contributed by atoms with van der Waals surface area (Å²) in [6, 6.07) is 8.23. The number of ether oxygens (including phenoxy) is 1. The fourth-order valence-corrected chi connectivity index (χ4v) is 3.81. The summed E-state index contributed by atoms with van der Waals surface area (Å²) in [6.07, 6.45) is 2.30. The maximum absolute atomic E-state index is 12.6. The Hall–Kier alpha value is -2.08. The third kappa shape index (κ3) is 5.22. The molecule has 1 N–H and O–H groups in total. The third-order valence-electron chi connectivity index (χ3n) is 5.45. The minimum Gasteiger partial charge on any atom is -0.493 e. The number of carbonyl (C=O) groups excluding carboxylic acids is 2. The van der Waals surface area contributed by atoms with Gasteiger partial charge >= 0.3 is 0 Å². The van der Waals surface area contributed by atoms with Crippen molar-refractivity contribution in [3.8, 4) is 5.75 Å². The molecule has 2 fully saturated rings. The summed E-state index contributed by atoms with van der Waals surface area (Å²) in [5, 5.41) is 3.10. The second kappa shape index (κ2) is 9.22. The molecule has 6 nitrogen and oxygen atoms in total. The van der Waals surface area contributed by atoms with E-state index in [9.17, 15) is 9.59 Å². The summed E-state index contributed by atoms with van der Waals surface area (Å²) >= 11 is 0. The number of hydrogen-bond donors (Lipinski definition) is 1. The molecule has 2 saturated heterocycles. The Labute approximate surface area is 161 Å². The molecule has 27 heavy (non-hydrogen) atoms. The molecule has 1 atom stereocenters. The van der Waals surface area contributed by atoms with E-state index in [1.54, 1.807) is 0 Å². The topological polar surface area (TPSA) is 61.9 Å². The van der Waals surface area contributed by atoms with Gasteiger partial charge < -0.3 is 19.9 Å². The summed E-state index contributed by atoms with van der Waals surface area (Å²) in [5.74, 6) is 1.56. The zero-order valence-electron chi connectivity index (χ0n) is 16.4. The zero-order valence-corrected chi connectivity index (χ0v) is 16.4. The molecule has 3 rings (SSSR count). The minimum absolute atomic E-state index is 0.112. The first-order valence-electron chi connectivity index (χ1n) is 10.1. The number of carbonyl (C=O) groups is 2. The van der Waals surface area contributed by atoms with E-state index in [4.69, 9.17) is 4.74 Å². The molecule has 1 aromatic rings. The van der Waals surface area contributed by atoms with Crippen molar-refractivity contribution >= 4 is 11.8 Å². The Balaban J connectivity index is 1.45. The summed E-state index contributed by atoms with van der Waals surface area (Å²) in [7, 11) is 0. The van der Waals surface area contributed by atoms with E-state index in [1.807, 2.05) is 21.9 Å². The molecule has 1 unspecified atom stereocenters. The molecule has 0 radical (unpaired) electrons. The van der Waals surface area contributed by atoms with Crippen molar-refractivity contribution in [1.29, 1.82) is 0 Å². The molecule has 0 bridgehead atoms. The first-order valence-corrected chi connectivity index (χ1v) is 10.1. The summed E-state index contributed by atoms with van der Waals surface area (Å²) in [4.78, 5) is 28.5. The Morgan fingerprint density at radius 1 is 1.26 bits per heavy atom. The van der Waals surface area contributed by atoms with Crippen LogP contribution in [0.25, 0.3) is 0 Å². The Morgan fingerprint density at radius 2 is 2.04 bits per heavy atom. The third-order valence-corrected chi connectivity index (χ3v) is 5.45. The Morgan fingerprint density at radius 3 is 2.74 bits per heavy atom. The van der Waals surface area contributed by atoms with Gasteiger partial charge in [0.25, 0.3) is 0 Å². The van der Waals surface area contributed by atoms with Crippen LogP contribution in [0.3, 0.4) is 0 Å². The molecule has 0 aromatic heterocycles. The molecule has 148 valence electrons. The van der Waals surface area contributed by atoms with Crippen LogP contribution < -0.4 is 10.1 Å². The molecule has 2 aliphatic heterocycles. The second-order valence-corrected chi connectivity index (χ2v) is 7.72. The lowest BCUT2D eigenvalue weighted by atomic mass is 10.0. The largest absolute Gasteiger partial charge is 0.493 e. The van der Waals surface area contributed by atoms with Crippen LogP contribution >= 0.6 is 0 Å². The van der Waals surface area contributed by atoms with Gasteiger partial charge in [-0.15, -0.1) is 0 Å². The number of nitrogens with zero attached hydrogens (tertiary/aromatic N) is 2. The number of amides is 2. The monoisotopic (exact) mass is 373 g/mol. The highest BCUT2D eigenvalue weighted by atomic mass is 16.5. The SMILES string of the molecule is CC(C)c1ccc(OCCC(=O)N2CCCC(N3CCNCC3=O)C2)cc1. The maximum Gasteiger partial charge on any atom is 0.236 e. The van der Waals surface area contributed by atoms with E-state index < -0.39 is 0 Å². The molecule has 0 spiro atoms. The Kier molecular flexibility index (Phi) is 6.72. The van der Waals surface area contributed by atoms with Crippen molar-refractivity contribution in [3.05, 3.63) is 29.8 Å². The van der Waals surface area contributed by atoms with Gasteiger partial charge in [-0.2, -0.15) is 0 Å². The predicted octanol–water partition coefficient (Wildman–Crippen LogP) is 2.00. The summed E-state index contributed by atoms with van der Waals surface area (Å²) < 4.78 is 5.74. The van der Waals surface area contributed by atoms with Gasteiger partial charge in [-0.25, -0.2) is 0 Å². The van der Waals surface area contributed by atoms with Crippen molar-refractivity contribution in [3.63, 3.8) is 0 Å². The van der Waals surface area contributed by atoms with Crippen LogP contribution in [0, 0.1) is 0 Å². The van der Waals surface area contributed by atoms with Crippen molar-refractivity contribution in [2.75, 3.05) is 39.3 Å². The van der Waals surface area contributed by atoms with Gasteiger partial charge in [0, 0.05) is 32.2 Å². The minimum atomic E-state index is 0.112. The van der Waals surface area contributed by atoms with E-state index in [2.05, 4.69) is 31.3 Å². The molecular weight excluding hydrogens is 342 g/mol. The van der Waals surface area contributed by atoms with Crippen LogP contribution in [0.2, 0.25) is 0 Å². The fraction of sp³-hybridized carbons (Fsp3) is 0.619. The van der Waals surface area contributed by atoms with Gasteiger partial charge in [0.1, 0.15) is 5.75 Å².